The Morgan fingerprint density at radius 2 is 2.06 bits per heavy atom. The number of aromatic nitrogens is 1. The first-order valence-corrected chi connectivity index (χ1v) is 6.01. The number of amides is 1. The fourth-order valence-electron chi connectivity index (χ4n) is 1.30. The van der Waals surface area contributed by atoms with Crippen LogP contribution in [-0.4, -0.2) is 10.9 Å². The molecule has 0 saturated heterocycles. The number of carbonyl (C=O) groups is 1. The Balaban J connectivity index is 2.20. The molecule has 1 amide bonds. The molecular formula is C12H8BrClN2O. The first kappa shape index (κ1) is 12.1. The number of anilines is 1. The number of benzene rings is 1. The summed E-state index contributed by atoms with van der Waals surface area (Å²) in [5.41, 5.74) is 0.550. The smallest absolute Gasteiger partial charge is 0.257 e. The van der Waals surface area contributed by atoms with Crippen molar-refractivity contribution in [1.82, 2.24) is 4.98 Å². The van der Waals surface area contributed by atoms with Crippen molar-refractivity contribution in [2.75, 3.05) is 5.32 Å². The molecule has 1 N–H and O–H groups in total. The second-order valence-corrected chi connectivity index (χ2v) is 4.58. The van der Waals surface area contributed by atoms with Crippen LogP contribution in [0.2, 0.25) is 5.02 Å². The summed E-state index contributed by atoms with van der Waals surface area (Å²) in [5.74, 6) is 0.200. The minimum Gasteiger partial charge on any atom is -0.306 e. The molecule has 0 aliphatic carbocycles. The summed E-state index contributed by atoms with van der Waals surface area (Å²) in [7, 11) is 0. The lowest BCUT2D eigenvalue weighted by molar-refractivity contribution is 0.102. The zero-order chi connectivity index (χ0) is 12.3. The van der Waals surface area contributed by atoms with Crippen LogP contribution in [0.3, 0.4) is 0 Å². The number of nitrogens with zero attached hydrogens (tertiary/aromatic N) is 1. The normalized spacial score (nSPS) is 10.0. The molecule has 2 aromatic rings. The van der Waals surface area contributed by atoms with Crippen LogP contribution >= 0.6 is 27.5 Å². The molecule has 17 heavy (non-hydrogen) atoms. The fraction of sp³-hybridized carbons (Fsp3) is 0. The van der Waals surface area contributed by atoms with E-state index in [0.29, 0.717) is 16.4 Å². The topological polar surface area (TPSA) is 42.0 Å². The van der Waals surface area contributed by atoms with E-state index in [9.17, 15) is 4.79 Å². The van der Waals surface area contributed by atoms with Gasteiger partial charge in [0.25, 0.3) is 5.91 Å². The van der Waals surface area contributed by atoms with Gasteiger partial charge in [0.1, 0.15) is 5.82 Å². The number of hydrogen-bond acceptors (Lipinski definition) is 2. The summed E-state index contributed by atoms with van der Waals surface area (Å²) in [6.45, 7) is 0. The van der Waals surface area contributed by atoms with Gasteiger partial charge in [0.15, 0.2) is 0 Å². The van der Waals surface area contributed by atoms with E-state index in [1.54, 1.807) is 30.3 Å². The van der Waals surface area contributed by atoms with Crippen LogP contribution in [0, 0.1) is 0 Å². The number of halogens is 2. The molecule has 1 aromatic carbocycles. The van der Waals surface area contributed by atoms with Crippen molar-refractivity contribution in [2.45, 2.75) is 0 Å². The molecule has 5 heteroatoms. The summed E-state index contributed by atoms with van der Waals surface area (Å²) < 4.78 is 0.736. The molecule has 0 unspecified atom stereocenters. The summed E-state index contributed by atoms with van der Waals surface area (Å²) in [6.07, 6.45) is 1.54. The Morgan fingerprint density at radius 3 is 2.76 bits per heavy atom. The third kappa shape index (κ3) is 3.05. The van der Waals surface area contributed by atoms with Crippen molar-refractivity contribution in [3.8, 4) is 0 Å². The van der Waals surface area contributed by atoms with E-state index >= 15 is 0 Å². The largest absolute Gasteiger partial charge is 0.306 e. The monoisotopic (exact) mass is 310 g/mol. The Kier molecular flexibility index (Phi) is 3.76. The summed E-state index contributed by atoms with van der Waals surface area (Å²) in [4.78, 5) is 15.9. The second-order valence-electron chi connectivity index (χ2n) is 3.29. The third-order valence-electron chi connectivity index (χ3n) is 2.08. The highest BCUT2D eigenvalue weighted by molar-refractivity contribution is 9.10. The first-order chi connectivity index (χ1) is 8.16. The van der Waals surface area contributed by atoms with Gasteiger partial charge in [-0.05, 0) is 40.2 Å². The molecule has 86 valence electrons. The van der Waals surface area contributed by atoms with E-state index in [2.05, 4.69) is 26.2 Å². The molecule has 3 nitrogen and oxygen atoms in total. The fourth-order valence-corrected chi connectivity index (χ4v) is 1.93. The van der Waals surface area contributed by atoms with Gasteiger partial charge in [0, 0.05) is 15.7 Å². The Bertz CT molecular complexity index is 560. The standard InChI is InChI=1S/C12H8BrClN2O/c13-10-4-2-1-3-9(10)12(17)16-11-7-8(14)5-6-15-11/h1-7H,(H,15,16,17). The third-order valence-corrected chi connectivity index (χ3v) is 3.01. The van der Waals surface area contributed by atoms with Crippen LogP contribution in [-0.2, 0) is 0 Å². The molecule has 0 radical (unpaired) electrons. The molecule has 0 bridgehead atoms. The van der Waals surface area contributed by atoms with Crippen LogP contribution in [0.15, 0.2) is 47.1 Å². The summed E-state index contributed by atoms with van der Waals surface area (Å²) in [6, 6.07) is 10.4. The highest BCUT2D eigenvalue weighted by Gasteiger charge is 2.09. The van der Waals surface area contributed by atoms with E-state index in [1.807, 2.05) is 6.07 Å². The highest BCUT2D eigenvalue weighted by atomic mass is 79.9. The predicted molar refractivity (Wildman–Crippen MR) is 71.3 cm³/mol. The quantitative estimate of drug-likeness (QED) is 0.918. The van der Waals surface area contributed by atoms with Crippen LogP contribution in [0.5, 0.6) is 0 Å². The summed E-state index contributed by atoms with van der Waals surface area (Å²) >= 11 is 9.12. The van der Waals surface area contributed by atoms with Crippen molar-refractivity contribution in [3.63, 3.8) is 0 Å². The van der Waals surface area contributed by atoms with E-state index < -0.39 is 0 Å². The van der Waals surface area contributed by atoms with Gasteiger partial charge in [-0.25, -0.2) is 4.98 Å². The van der Waals surface area contributed by atoms with E-state index in [0.717, 1.165) is 4.47 Å². The molecule has 0 fully saturated rings. The number of rotatable bonds is 2. The average molecular weight is 312 g/mol. The van der Waals surface area contributed by atoms with Gasteiger partial charge in [-0.3, -0.25) is 4.79 Å². The average Bonchev–Trinajstić information content (AvgIpc) is 2.29. The number of pyridine rings is 1. The Labute approximate surface area is 112 Å². The first-order valence-electron chi connectivity index (χ1n) is 4.84. The molecular weight excluding hydrogens is 304 g/mol. The van der Waals surface area contributed by atoms with Gasteiger partial charge in [-0.15, -0.1) is 0 Å². The maximum absolute atomic E-state index is 11.9. The van der Waals surface area contributed by atoms with Crippen molar-refractivity contribution in [1.29, 1.82) is 0 Å². The van der Waals surface area contributed by atoms with Crippen molar-refractivity contribution >= 4 is 39.3 Å². The molecule has 0 saturated carbocycles. The van der Waals surface area contributed by atoms with E-state index in [-0.39, 0.29) is 5.91 Å². The minimum atomic E-state index is -0.229. The van der Waals surface area contributed by atoms with Gasteiger partial charge in [-0.2, -0.15) is 0 Å². The van der Waals surface area contributed by atoms with Gasteiger partial charge in [0.05, 0.1) is 5.56 Å². The van der Waals surface area contributed by atoms with E-state index in [4.69, 9.17) is 11.6 Å². The second kappa shape index (κ2) is 5.29. The molecule has 1 heterocycles. The Morgan fingerprint density at radius 1 is 1.29 bits per heavy atom. The lowest BCUT2D eigenvalue weighted by Crippen LogP contribution is -2.13. The SMILES string of the molecule is O=C(Nc1cc(Cl)ccn1)c1ccccc1Br. The molecule has 2 rings (SSSR count). The number of hydrogen-bond donors (Lipinski definition) is 1. The minimum absolute atomic E-state index is 0.229. The van der Waals surface area contributed by atoms with Crippen molar-refractivity contribution < 1.29 is 4.79 Å². The van der Waals surface area contributed by atoms with Crippen LogP contribution in [0.1, 0.15) is 10.4 Å². The van der Waals surface area contributed by atoms with E-state index in [1.165, 1.54) is 6.20 Å². The molecule has 0 aliphatic heterocycles. The zero-order valence-corrected chi connectivity index (χ0v) is 11.0. The lowest BCUT2D eigenvalue weighted by Gasteiger charge is -2.05. The van der Waals surface area contributed by atoms with Crippen LogP contribution in [0.25, 0.3) is 0 Å². The zero-order valence-electron chi connectivity index (χ0n) is 8.65. The molecule has 0 atom stereocenters. The maximum atomic E-state index is 11.9. The molecule has 1 aromatic heterocycles. The maximum Gasteiger partial charge on any atom is 0.257 e. The van der Waals surface area contributed by atoms with Crippen molar-refractivity contribution in [2.24, 2.45) is 0 Å². The van der Waals surface area contributed by atoms with Crippen molar-refractivity contribution in [3.05, 3.63) is 57.7 Å². The van der Waals surface area contributed by atoms with Crippen LogP contribution < -0.4 is 5.32 Å². The Hall–Kier alpha value is -1.39. The summed E-state index contributed by atoms with van der Waals surface area (Å²) in [5, 5.41) is 3.21. The number of nitrogens with one attached hydrogen (secondary N) is 1. The highest BCUT2D eigenvalue weighted by Crippen LogP contribution is 2.18. The van der Waals surface area contributed by atoms with Gasteiger partial charge >= 0.3 is 0 Å². The van der Waals surface area contributed by atoms with Crippen LogP contribution in [0.4, 0.5) is 5.82 Å². The van der Waals surface area contributed by atoms with Gasteiger partial charge in [0.2, 0.25) is 0 Å². The van der Waals surface area contributed by atoms with Gasteiger partial charge < -0.3 is 5.32 Å². The molecule has 0 spiro atoms. The predicted octanol–water partition coefficient (Wildman–Crippen LogP) is 3.75. The molecule has 0 aliphatic rings. The lowest BCUT2D eigenvalue weighted by atomic mass is 10.2. The number of carbonyl (C=O) groups excluding carboxylic acids is 1. The van der Waals surface area contributed by atoms with Gasteiger partial charge in [-0.1, -0.05) is 23.7 Å².